The predicted octanol–water partition coefficient (Wildman–Crippen LogP) is 18.1. The lowest BCUT2D eigenvalue weighted by atomic mass is 9.99. The summed E-state index contributed by atoms with van der Waals surface area (Å²) in [4.78, 5) is 4.71. The first kappa shape index (κ1) is 40.1. The van der Waals surface area contributed by atoms with Crippen LogP contribution in [0.4, 0.5) is 34.1 Å². The second-order valence-electron chi connectivity index (χ2n) is 16.6. The Morgan fingerprint density at radius 1 is 0.167 bits per heavy atom. The van der Waals surface area contributed by atoms with Gasteiger partial charge in [-0.15, -0.1) is 0 Å². The van der Waals surface area contributed by atoms with Gasteiger partial charge in [0.25, 0.3) is 0 Å². The summed E-state index contributed by atoms with van der Waals surface area (Å²) in [5, 5.41) is 2.41. The van der Waals surface area contributed by atoms with Crippen LogP contribution >= 0.6 is 0 Å². The molecule has 11 aromatic carbocycles. The molecule has 0 fully saturated rings. The first-order valence-electron chi connectivity index (χ1n) is 22.6. The van der Waals surface area contributed by atoms with Crippen molar-refractivity contribution in [1.82, 2.24) is 0 Å². The standard InChI is InChI=1S/C64H46N2/c1-4-13-47(14-5-1)50-23-25-51(26-24-50)54-33-43-61(44-34-54)66(64-22-12-20-57-19-10-11-21-63(57)64)62-45-35-56(36-46-62)55-31-41-60(42-32-55)65(58-37-27-52(28-38-58)48-15-6-2-7-16-48)59-39-29-53(30-40-59)49-17-8-3-9-18-49/h1-46H. The Kier molecular flexibility index (Phi) is 11.0. The lowest BCUT2D eigenvalue weighted by Crippen LogP contribution is -2.10. The fourth-order valence-electron chi connectivity index (χ4n) is 9.04. The molecular weight excluding hydrogens is 797 g/mol. The molecule has 66 heavy (non-hydrogen) atoms. The van der Waals surface area contributed by atoms with Crippen molar-refractivity contribution in [2.24, 2.45) is 0 Å². The lowest BCUT2D eigenvalue weighted by molar-refractivity contribution is 1.28. The third-order valence-electron chi connectivity index (χ3n) is 12.5. The van der Waals surface area contributed by atoms with Crippen LogP contribution in [0, 0.1) is 0 Å². The molecule has 0 saturated heterocycles. The Labute approximate surface area is 387 Å². The Bertz CT molecular complexity index is 3240. The molecule has 0 N–H and O–H groups in total. The zero-order valence-electron chi connectivity index (χ0n) is 36.5. The second kappa shape index (κ2) is 18.2. The van der Waals surface area contributed by atoms with Crippen LogP contribution in [-0.4, -0.2) is 0 Å². The second-order valence-corrected chi connectivity index (χ2v) is 16.6. The molecule has 0 amide bonds. The fourth-order valence-corrected chi connectivity index (χ4v) is 9.04. The molecule has 0 aliphatic carbocycles. The number of nitrogens with zero attached hydrogens (tertiary/aromatic N) is 2. The molecular formula is C64H46N2. The van der Waals surface area contributed by atoms with Crippen molar-refractivity contribution in [1.29, 1.82) is 0 Å². The molecule has 0 radical (unpaired) electrons. The highest BCUT2D eigenvalue weighted by molar-refractivity contribution is 5.99. The number of benzene rings is 11. The van der Waals surface area contributed by atoms with Gasteiger partial charge in [0.15, 0.2) is 0 Å². The van der Waals surface area contributed by atoms with E-state index in [1.54, 1.807) is 0 Å². The summed E-state index contributed by atoms with van der Waals surface area (Å²) < 4.78 is 0. The van der Waals surface area contributed by atoms with Crippen LogP contribution in [0.3, 0.4) is 0 Å². The Balaban J connectivity index is 0.903. The van der Waals surface area contributed by atoms with Crippen molar-refractivity contribution in [3.05, 3.63) is 279 Å². The molecule has 11 rings (SSSR count). The van der Waals surface area contributed by atoms with Crippen LogP contribution in [0.25, 0.3) is 66.4 Å². The zero-order chi connectivity index (χ0) is 44.1. The maximum Gasteiger partial charge on any atom is 0.0540 e. The predicted molar refractivity (Wildman–Crippen MR) is 280 cm³/mol. The molecule has 11 aromatic rings. The molecule has 0 aromatic heterocycles. The molecule has 0 atom stereocenters. The zero-order valence-corrected chi connectivity index (χ0v) is 36.5. The topological polar surface area (TPSA) is 6.48 Å². The highest BCUT2D eigenvalue weighted by atomic mass is 15.1. The number of hydrogen-bond acceptors (Lipinski definition) is 2. The maximum absolute atomic E-state index is 2.38. The monoisotopic (exact) mass is 842 g/mol. The van der Waals surface area contributed by atoms with Crippen LogP contribution in [0.2, 0.25) is 0 Å². The van der Waals surface area contributed by atoms with E-state index in [0.29, 0.717) is 0 Å². The maximum atomic E-state index is 2.38. The molecule has 2 nitrogen and oxygen atoms in total. The van der Waals surface area contributed by atoms with Gasteiger partial charge in [-0.2, -0.15) is 0 Å². The molecule has 0 spiro atoms. The smallest absolute Gasteiger partial charge is 0.0540 e. The van der Waals surface area contributed by atoms with Crippen LogP contribution in [0.1, 0.15) is 0 Å². The van der Waals surface area contributed by atoms with Gasteiger partial charge >= 0.3 is 0 Å². The highest BCUT2D eigenvalue weighted by Crippen LogP contribution is 2.42. The van der Waals surface area contributed by atoms with Gasteiger partial charge in [-0.1, -0.05) is 212 Å². The molecule has 0 aliphatic heterocycles. The normalized spacial score (nSPS) is 11.0. The quantitative estimate of drug-likeness (QED) is 0.128. The number of hydrogen-bond donors (Lipinski definition) is 0. The Morgan fingerprint density at radius 2 is 0.409 bits per heavy atom. The third kappa shape index (κ3) is 8.28. The van der Waals surface area contributed by atoms with Crippen LogP contribution < -0.4 is 9.80 Å². The van der Waals surface area contributed by atoms with Crippen molar-refractivity contribution in [3.63, 3.8) is 0 Å². The van der Waals surface area contributed by atoms with Gasteiger partial charge in [0.2, 0.25) is 0 Å². The van der Waals surface area contributed by atoms with E-state index in [1.807, 2.05) is 0 Å². The van der Waals surface area contributed by atoms with Crippen molar-refractivity contribution < 1.29 is 0 Å². The van der Waals surface area contributed by atoms with E-state index in [-0.39, 0.29) is 0 Å². The summed E-state index contributed by atoms with van der Waals surface area (Å²) in [7, 11) is 0. The SMILES string of the molecule is c1ccc(-c2ccc(-c3ccc(N(c4ccc(-c5ccc(N(c6ccc(-c7ccccc7)cc6)c6ccc(-c7ccccc7)cc6)cc5)cc4)c4cccc5ccccc45)cc3)cc2)cc1. The molecule has 0 aliphatic rings. The minimum absolute atomic E-state index is 1.09. The molecule has 2 heteroatoms. The first-order chi connectivity index (χ1) is 32.7. The molecule has 0 heterocycles. The fraction of sp³-hybridized carbons (Fsp3) is 0. The molecule has 0 bridgehead atoms. The van der Waals surface area contributed by atoms with E-state index in [0.717, 1.165) is 45.3 Å². The van der Waals surface area contributed by atoms with Gasteiger partial charge < -0.3 is 9.80 Å². The van der Waals surface area contributed by atoms with Gasteiger partial charge in [-0.3, -0.25) is 0 Å². The first-order valence-corrected chi connectivity index (χ1v) is 22.6. The average molecular weight is 843 g/mol. The Hall–Kier alpha value is -8.72. The van der Waals surface area contributed by atoms with E-state index in [4.69, 9.17) is 0 Å². The minimum Gasteiger partial charge on any atom is -0.311 e. The van der Waals surface area contributed by atoms with Gasteiger partial charge in [-0.05, 0) is 128 Å². The summed E-state index contributed by atoms with van der Waals surface area (Å²) in [6, 6.07) is 100. The van der Waals surface area contributed by atoms with Crippen LogP contribution in [0.15, 0.2) is 279 Å². The van der Waals surface area contributed by atoms with Gasteiger partial charge in [-0.25, -0.2) is 0 Å². The summed E-state index contributed by atoms with van der Waals surface area (Å²) in [6.45, 7) is 0. The van der Waals surface area contributed by atoms with Crippen LogP contribution in [-0.2, 0) is 0 Å². The van der Waals surface area contributed by atoms with Crippen molar-refractivity contribution in [2.75, 3.05) is 9.80 Å². The highest BCUT2D eigenvalue weighted by Gasteiger charge is 2.17. The van der Waals surface area contributed by atoms with E-state index < -0.39 is 0 Å². The summed E-state index contributed by atoms with van der Waals surface area (Å²) >= 11 is 0. The van der Waals surface area contributed by atoms with Gasteiger partial charge in [0, 0.05) is 33.8 Å². The summed E-state index contributed by atoms with van der Waals surface area (Å²) in [5.74, 6) is 0. The molecule has 0 unspecified atom stereocenters. The number of fused-ring (bicyclic) bond motifs is 1. The van der Waals surface area contributed by atoms with Gasteiger partial charge in [0.1, 0.15) is 0 Å². The third-order valence-corrected chi connectivity index (χ3v) is 12.5. The molecule has 312 valence electrons. The van der Waals surface area contributed by atoms with E-state index in [1.165, 1.54) is 55.3 Å². The summed E-state index contributed by atoms with van der Waals surface area (Å²) in [6.07, 6.45) is 0. The lowest BCUT2D eigenvalue weighted by Gasteiger charge is -2.27. The van der Waals surface area contributed by atoms with Crippen molar-refractivity contribution >= 4 is 44.9 Å². The largest absolute Gasteiger partial charge is 0.311 e. The molecule has 0 saturated carbocycles. The van der Waals surface area contributed by atoms with Gasteiger partial charge in [0.05, 0.1) is 5.69 Å². The number of rotatable bonds is 11. The van der Waals surface area contributed by atoms with E-state index >= 15 is 0 Å². The van der Waals surface area contributed by atoms with E-state index in [9.17, 15) is 0 Å². The van der Waals surface area contributed by atoms with E-state index in [2.05, 4.69) is 289 Å². The Morgan fingerprint density at radius 3 is 0.742 bits per heavy atom. The minimum atomic E-state index is 1.09. The van der Waals surface area contributed by atoms with Crippen molar-refractivity contribution in [2.45, 2.75) is 0 Å². The summed E-state index contributed by atoms with van der Waals surface area (Å²) in [5.41, 5.74) is 18.5. The van der Waals surface area contributed by atoms with Crippen LogP contribution in [0.5, 0.6) is 0 Å². The average Bonchev–Trinajstić information content (AvgIpc) is 3.41. The number of anilines is 6. The van der Waals surface area contributed by atoms with Crippen molar-refractivity contribution in [3.8, 4) is 55.6 Å².